The van der Waals surface area contributed by atoms with Gasteiger partial charge < -0.3 is 14.2 Å². The highest BCUT2D eigenvalue weighted by atomic mass is 35.7. The Morgan fingerprint density at radius 2 is 2.00 bits per heavy atom. The smallest absolute Gasteiger partial charge is 0.270 e. The zero-order valence-electron chi connectivity index (χ0n) is 9.80. The van der Waals surface area contributed by atoms with E-state index in [1.54, 1.807) is 11.9 Å². The first-order valence-corrected chi connectivity index (χ1v) is 7.68. The van der Waals surface area contributed by atoms with Gasteiger partial charge in [0.1, 0.15) is 10.6 Å². The van der Waals surface area contributed by atoms with Crippen molar-refractivity contribution in [3.05, 3.63) is 18.0 Å². The molecule has 1 amide bonds. The van der Waals surface area contributed by atoms with Gasteiger partial charge in [0, 0.05) is 37.0 Å². The molecule has 1 aliphatic rings. The molecule has 0 aliphatic carbocycles. The first-order chi connectivity index (χ1) is 8.39. The van der Waals surface area contributed by atoms with Gasteiger partial charge in [-0.2, -0.15) is 0 Å². The van der Waals surface area contributed by atoms with Gasteiger partial charge in [0.2, 0.25) is 0 Å². The molecule has 0 spiro atoms. The summed E-state index contributed by atoms with van der Waals surface area (Å²) < 4.78 is 29.0. The van der Waals surface area contributed by atoms with E-state index in [-0.39, 0.29) is 10.8 Å². The van der Waals surface area contributed by atoms with Gasteiger partial charge in [-0.05, 0) is 6.07 Å². The maximum atomic E-state index is 12.2. The van der Waals surface area contributed by atoms with Crippen LogP contribution in [-0.4, -0.2) is 50.1 Å². The van der Waals surface area contributed by atoms with Crippen molar-refractivity contribution in [3.63, 3.8) is 0 Å². The van der Waals surface area contributed by atoms with Crippen LogP contribution in [0.1, 0.15) is 10.5 Å². The van der Waals surface area contributed by atoms with E-state index in [2.05, 4.69) is 0 Å². The number of aryl methyl sites for hydroxylation is 1. The fraction of sp³-hybridized carbons (Fsp3) is 0.500. The second-order valence-corrected chi connectivity index (χ2v) is 6.58. The molecule has 0 unspecified atom stereocenters. The Labute approximate surface area is 110 Å². The molecule has 2 heterocycles. The third-order valence-electron chi connectivity index (χ3n) is 2.78. The van der Waals surface area contributed by atoms with Crippen LogP contribution in [0, 0.1) is 0 Å². The molecule has 1 aromatic heterocycles. The summed E-state index contributed by atoms with van der Waals surface area (Å²) in [5, 5.41) is 0. The van der Waals surface area contributed by atoms with E-state index in [0.717, 1.165) is 0 Å². The Morgan fingerprint density at radius 1 is 1.39 bits per heavy atom. The number of amides is 1. The maximum Gasteiger partial charge on any atom is 0.270 e. The highest BCUT2D eigenvalue weighted by molar-refractivity contribution is 8.13. The first-order valence-electron chi connectivity index (χ1n) is 5.37. The van der Waals surface area contributed by atoms with Crippen LogP contribution < -0.4 is 0 Å². The zero-order valence-corrected chi connectivity index (χ0v) is 11.4. The highest BCUT2D eigenvalue weighted by Gasteiger charge is 2.23. The Balaban J connectivity index is 2.28. The predicted molar refractivity (Wildman–Crippen MR) is 65.2 cm³/mol. The number of rotatable bonds is 2. The number of carbonyl (C=O) groups is 1. The van der Waals surface area contributed by atoms with Gasteiger partial charge in [-0.15, -0.1) is 0 Å². The SMILES string of the molecule is Cn1cc(S(=O)(=O)Cl)cc1C(=O)N1CCOCC1. The monoisotopic (exact) mass is 292 g/mol. The van der Waals surface area contributed by atoms with E-state index >= 15 is 0 Å². The van der Waals surface area contributed by atoms with Gasteiger partial charge >= 0.3 is 0 Å². The molecule has 0 saturated carbocycles. The quantitative estimate of drug-likeness (QED) is 0.741. The maximum absolute atomic E-state index is 12.2. The van der Waals surface area contributed by atoms with Crippen molar-refractivity contribution in [3.8, 4) is 0 Å². The summed E-state index contributed by atoms with van der Waals surface area (Å²) in [4.78, 5) is 13.7. The predicted octanol–water partition coefficient (Wildman–Crippen LogP) is 0.425. The molecule has 6 nitrogen and oxygen atoms in total. The number of ether oxygens (including phenoxy) is 1. The summed E-state index contributed by atoms with van der Waals surface area (Å²) in [5.74, 6) is -0.215. The lowest BCUT2D eigenvalue weighted by Gasteiger charge is -2.26. The summed E-state index contributed by atoms with van der Waals surface area (Å²) in [7, 11) is 3.05. The topological polar surface area (TPSA) is 68.6 Å². The molecule has 18 heavy (non-hydrogen) atoms. The first kappa shape index (κ1) is 13.4. The van der Waals surface area contributed by atoms with Crippen LogP contribution in [0.15, 0.2) is 17.2 Å². The van der Waals surface area contributed by atoms with Gasteiger partial charge in [0.25, 0.3) is 15.0 Å². The molecule has 2 rings (SSSR count). The zero-order chi connectivity index (χ0) is 13.3. The van der Waals surface area contributed by atoms with Gasteiger partial charge in [-0.1, -0.05) is 0 Å². The fourth-order valence-corrected chi connectivity index (χ4v) is 2.60. The van der Waals surface area contributed by atoms with Crippen LogP contribution in [0.4, 0.5) is 0 Å². The van der Waals surface area contributed by atoms with Crippen molar-refractivity contribution in [1.82, 2.24) is 9.47 Å². The number of hydrogen-bond acceptors (Lipinski definition) is 4. The van der Waals surface area contributed by atoms with Crippen molar-refractivity contribution in [2.24, 2.45) is 7.05 Å². The molecule has 0 radical (unpaired) electrons. The van der Waals surface area contributed by atoms with Gasteiger partial charge in [-0.25, -0.2) is 8.42 Å². The molecule has 100 valence electrons. The van der Waals surface area contributed by atoms with E-state index < -0.39 is 9.05 Å². The molecule has 1 fully saturated rings. The summed E-state index contributed by atoms with van der Waals surface area (Å²) >= 11 is 0. The van der Waals surface area contributed by atoms with Crippen molar-refractivity contribution < 1.29 is 17.9 Å². The van der Waals surface area contributed by atoms with Crippen LogP contribution in [0.2, 0.25) is 0 Å². The minimum absolute atomic E-state index is 0.0664. The standard InChI is InChI=1S/C10H13ClN2O4S/c1-12-7-8(18(11,15)16)6-9(12)10(14)13-2-4-17-5-3-13/h6-7H,2-5H2,1H3. The third-order valence-corrected chi connectivity index (χ3v) is 4.10. The number of morpholine rings is 1. The molecular formula is C10H13ClN2O4S. The Hall–Kier alpha value is -1.05. The number of halogens is 1. The molecule has 0 N–H and O–H groups in total. The Morgan fingerprint density at radius 3 is 2.50 bits per heavy atom. The van der Waals surface area contributed by atoms with Crippen molar-refractivity contribution in [2.45, 2.75) is 4.90 Å². The summed E-state index contributed by atoms with van der Waals surface area (Å²) in [6.07, 6.45) is 1.33. The van der Waals surface area contributed by atoms with Gasteiger partial charge in [0.15, 0.2) is 0 Å². The van der Waals surface area contributed by atoms with E-state index in [1.807, 2.05) is 0 Å². The van der Waals surface area contributed by atoms with Gasteiger partial charge in [-0.3, -0.25) is 4.79 Å². The van der Waals surface area contributed by atoms with Crippen molar-refractivity contribution in [1.29, 1.82) is 0 Å². The number of carbonyl (C=O) groups excluding carboxylic acids is 1. The third kappa shape index (κ3) is 2.68. The lowest BCUT2D eigenvalue weighted by molar-refractivity contribution is 0.0296. The van der Waals surface area contributed by atoms with Crippen LogP contribution in [0.25, 0.3) is 0 Å². The molecular weight excluding hydrogens is 280 g/mol. The summed E-state index contributed by atoms with van der Waals surface area (Å²) in [6.45, 7) is 2.01. The fourth-order valence-electron chi connectivity index (χ4n) is 1.81. The molecule has 1 saturated heterocycles. The van der Waals surface area contributed by atoms with Crippen LogP contribution in [0.3, 0.4) is 0 Å². The Bertz CT molecular complexity index is 560. The van der Waals surface area contributed by atoms with Crippen molar-refractivity contribution >= 4 is 25.6 Å². The van der Waals surface area contributed by atoms with Crippen molar-refractivity contribution in [2.75, 3.05) is 26.3 Å². The molecule has 0 atom stereocenters. The molecule has 1 aromatic rings. The van der Waals surface area contributed by atoms with E-state index in [1.165, 1.54) is 16.8 Å². The Kier molecular flexibility index (Phi) is 3.65. The second-order valence-electron chi connectivity index (χ2n) is 4.01. The molecule has 0 aromatic carbocycles. The minimum atomic E-state index is -3.81. The minimum Gasteiger partial charge on any atom is -0.378 e. The highest BCUT2D eigenvalue weighted by Crippen LogP contribution is 2.19. The number of hydrogen-bond donors (Lipinski definition) is 0. The van der Waals surface area contributed by atoms with Crippen LogP contribution in [-0.2, 0) is 20.8 Å². The average molecular weight is 293 g/mol. The van der Waals surface area contributed by atoms with E-state index in [4.69, 9.17) is 15.4 Å². The van der Waals surface area contributed by atoms with Gasteiger partial charge in [0.05, 0.1) is 13.2 Å². The number of aromatic nitrogens is 1. The molecule has 8 heteroatoms. The lowest BCUT2D eigenvalue weighted by atomic mass is 10.3. The lowest BCUT2D eigenvalue weighted by Crippen LogP contribution is -2.41. The number of nitrogens with zero attached hydrogens (tertiary/aromatic N) is 2. The summed E-state index contributed by atoms with van der Waals surface area (Å²) in [5.41, 5.74) is 0.302. The largest absolute Gasteiger partial charge is 0.378 e. The average Bonchev–Trinajstić information content (AvgIpc) is 2.71. The second kappa shape index (κ2) is 4.91. The molecule has 1 aliphatic heterocycles. The summed E-state index contributed by atoms with van der Waals surface area (Å²) in [6, 6.07) is 1.29. The van der Waals surface area contributed by atoms with E-state index in [0.29, 0.717) is 32.0 Å². The van der Waals surface area contributed by atoms with Crippen LogP contribution >= 0.6 is 10.7 Å². The molecule has 0 bridgehead atoms. The van der Waals surface area contributed by atoms with E-state index in [9.17, 15) is 13.2 Å². The van der Waals surface area contributed by atoms with Crippen LogP contribution in [0.5, 0.6) is 0 Å². The normalized spacial score (nSPS) is 16.9.